The van der Waals surface area contributed by atoms with Crippen molar-refractivity contribution in [2.24, 2.45) is 0 Å². The molecule has 0 atom stereocenters. The van der Waals surface area contributed by atoms with E-state index in [0.29, 0.717) is 24.2 Å². The number of hydrogen-bond acceptors (Lipinski definition) is 7. The second kappa shape index (κ2) is 11.6. The highest BCUT2D eigenvalue weighted by Gasteiger charge is 2.19. The number of phenolic OH excluding ortho intramolecular Hbond substituents is 2. The minimum Gasteiger partial charge on any atom is -0.508 e. The van der Waals surface area contributed by atoms with Crippen LogP contribution in [-0.2, 0) is 23.1 Å². The molecule has 3 aromatic carbocycles. The highest BCUT2D eigenvalue weighted by atomic mass is 32.2. The van der Waals surface area contributed by atoms with E-state index in [9.17, 15) is 23.4 Å². The third-order valence-electron chi connectivity index (χ3n) is 6.11. The maximum atomic E-state index is 12.5. The van der Waals surface area contributed by atoms with E-state index in [4.69, 9.17) is 0 Å². The Kier molecular flexibility index (Phi) is 8.30. The van der Waals surface area contributed by atoms with Crippen LogP contribution in [-0.4, -0.2) is 46.5 Å². The quantitative estimate of drug-likeness (QED) is 0.185. The molecular formula is C27H31N5O5S. The number of aromatic amines is 1. The van der Waals surface area contributed by atoms with Gasteiger partial charge in [-0.2, -0.15) is 5.10 Å². The third kappa shape index (κ3) is 6.31. The van der Waals surface area contributed by atoms with Crippen molar-refractivity contribution >= 4 is 10.0 Å². The predicted octanol–water partition coefficient (Wildman–Crippen LogP) is 2.89. The smallest absolute Gasteiger partial charge is 0.343 e. The Morgan fingerprint density at radius 3 is 2.32 bits per heavy atom. The van der Waals surface area contributed by atoms with Crippen LogP contribution in [0.25, 0.3) is 11.4 Å². The average molecular weight is 538 g/mol. The molecule has 1 heterocycles. The van der Waals surface area contributed by atoms with E-state index in [1.54, 1.807) is 36.4 Å². The molecule has 0 aliphatic heterocycles. The number of phenols is 2. The maximum Gasteiger partial charge on any atom is 0.343 e. The molecular weight excluding hydrogens is 506 g/mol. The summed E-state index contributed by atoms with van der Waals surface area (Å²) in [6.45, 7) is 5.33. The summed E-state index contributed by atoms with van der Waals surface area (Å²) in [6.07, 6.45) is 0. The molecule has 38 heavy (non-hydrogen) atoms. The lowest BCUT2D eigenvalue weighted by atomic mass is 9.98. The predicted molar refractivity (Wildman–Crippen MR) is 145 cm³/mol. The zero-order valence-electron chi connectivity index (χ0n) is 21.2. The van der Waals surface area contributed by atoms with Gasteiger partial charge in [0.05, 0.1) is 17.0 Å². The van der Waals surface area contributed by atoms with Crippen LogP contribution in [0.15, 0.2) is 76.4 Å². The number of aromatic hydroxyl groups is 2. The van der Waals surface area contributed by atoms with Gasteiger partial charge in [-0.1, -0.05) is 56.3 Å². The molecule has 0 fully saturated rings. The van der Waals surface area contributed by atoms with Gasteiger partial charge in [0.1, 0.15) is 11.5 Å². The largest absolute Gasteiger partial charge is 0.508 e. The third-order valence-corrected chi connectivity index (χ3v) is 7.58. The van der Waals surface area contributed by atoms with E-state index < -0.39 is 15.7 Å². The molecule has 0 radical (unpaired) electrons. The van der Waals surface area contributed by atoms with Crippen molar-refractivity contribution in [2.45, 2.75) is 37.8 Å². The highest BCUT2D eigenvalue weighted by Crippen LogP contribution is 2.36. The molecule has 0 saturated heterocycles. The molecule has 10 nitrogen and oxygen atoms in total. The first-order valence-electron chi connectivity index (χ1n) is 12.2. The van der Waals surface area contributed by atoms with Crippen LogP contribution < -0.4 is 15.7 Å². The zero-order valence-corrected chi connectivity index (χ0v) is 22.0. The zero-order chi connectivity index (χ0) is 27.3. The van der Waals surface area contributed by atoms with Crippen LogP contribution in [0, 0.1) is 0 Å². The Morgan fingerprint density at radius 1 is 0.947 bits per heavy atom. The maximum absolute atomic E-state index is 12.5. The van der Waals surface area contributed by atoms with Crippen molar-refractivity contribution in [3.8, 4) is 22.9 Å². The summed E-state index contributed by atoms with van der Waals surface area (Å²) >= 11 is 0. The molecule has 0 aliphatic rings. The van der Waals surface area contributed by atoms with Gasteiger partial charge in [0, 0.05) is 25.7 Å². The van der Waals surface area contributed by atoms with E-state index in [1.807, 2.05) is 38.1 Å². The number of nitrogens with one attached hydrogen (secondary N) is 3. The van der Waals surface area contributed by atoms with Crippen LogP contribution in [0.2, 0.25) is 0 Å². The van der Waals surface area contributed by atoms with Crippen molar-refractivity contribution in [1.82, 2.24) is 24.8 Å². The summed E-state index contributed by atoms with van der Waals surface area (Å²) < 4.78 is 28.5. The standard InChI is InChI=1S/C27H31N5O5S/c1-18(2)22-14-23(25(34)15-24(22)33)26-30-31-27(35)32(26)17-20-10-8-19(9-11-20)16-28-12-13-29-38(36,37)21-6-4-3-5-7-21/h3-11,14-15,18,28-29,33-34H,12-13,16-17H2,1-2H3,(H,31,35). The summed E-state index contributed by atoms with van der Waals surface area (Å²) in [6, 6.07) is 18.8. The fraction of sp³-hybridized carbons (Fsp3) is 0.259. The van der Waals surface area contributed by atoms with E-state index in [-0.39, 0.29) is 41.2 Å². The van der Waals surface area contributed by atoms with Crippen LogP contribution in [0.4, 0.5) is 0 Å². The molecule has 0 unspecified atom stereocenters. The Hall–Kier alpha value is -3.93. The Balaban J connectivity index is 1.36. The highest BCUT2D eigenvalue weighted by molar-refractivity contribution is 7.89. The van der Waals surface area contributed by atoms with Crippen LogP contribution in [0.5, 0.6) is 11.5 Å². The molecule has 5 N–H and O–H groups in total. The van der Waals surface area contributed by atoms with E-state index >= 15 is 0 Å². The normalized spacial score (nSPS) is 11.8. The molecule has 0 aliphatic carbocycles. The number of rotatable bonds is 11. The summed E-state index contributed by atoms with van der Waals surface area (Å²) in [5.41, 5.74) is 2.44. The minimum absolute atomic E-state index is 0.0107. The van der Waals surface area contributed by atoms with Crippen molar-refractivity contribution in [3.63, 3.8) is 0 Å². The Morgan fingerprint density at radius 2 is 1.63 bits per heavy atom. The fourth-order valence-corrected chi connectivity index (χ4v) is 5.09. The number of H-pyrrole nitrogens is 1. The lowest BCUT2D eigenvalue weighted by Gasteiger charge is -2.13. The van der Waals surface area contributed by atoms with Gasteiger partial charge < -0.3 is 15.5 Å². The van der Waals surface area contributed by atoms with E-state index in [0.717, 1.165) is 11.1 Å². The molecule has 0 spiro atoms. The fourth-order valence-electron chi connectivity index (χ4n) is 4.04. The Bertz CT molecular complexity index is 1550. The SMILES string of the molecule is CC(C)c1cc(-c2n[nH]c(=O)n2Cc2ccc(CNCCNS(=O)(=O)c3ccccc3)cc2)c(O)cc1O. The number of aromatic nitrogens is 3. The van der Waals surface area contributed by atoms with Gasteiger partial charge >= 0.3 is 5.69 Å². The lowest BCUT2D eigenvalue weighted by molar-refractivity contribution is 0.444. The van der Waals surface area contributed by atoms with Crippen molar-refractivity contribution in [2.75, 3.05) is 13.1 Å². The Labute approximate surface area is 221 Å². The van der Waals surface area contributed by atoms with Crippen LogP contribution in [0.1, 0.15) is 36.5 Å². The van der Waals surface area contributed by atoms with Gasteiger partial charge in [0.25, 0.3) is 0 Å². The first-order valence-corrected chi connectivity index (χ1v) is 13.7. The first-order chi connectivity index (χ1) is 18.2. The second-order valence-corrected chi connectivity index (χ2v) is 11.0. The molecule has 0 amide bonds. The number of sulfonamides is 1. The van der Waals surface area contributed by atoms with E-state index in [2.05, 4.69) is 20.2 Å². The van der Waals surface area contributed by atoms with Crippen LogP contribution in [0.3, 0.4) is 0 Å². The van der Waals surface area contributed by atoms with E-state index in [1.165, 1.54) is 10.6 Å². The van der Waals surface area contributed by atoms with Crippen molar-refractivity contribution in [1.29, 1.82) is 0 Å². The molecule has 0 saturated carbocycles. The monoisotopic (exact) mass is 537 g/mol. The number of benzene rings is 3. The van der Waals surface area contributed by atoms with Gasteiger partial charge in [-0.15, -0.1) is 0 Å². The topological polar surface area (TPSA) is 149 Å². The van der Waals surface area contributed by atoms with Crippen molar-refractivity contribution < 1.29 is 18.6 Å². The van der Waals surface area contributed by atoms with Gasteiger partial charge in [0.15, 0.2) is 5.82 Å². The van der Waals surface area contributed by atoms with Gasteiger partial charge in [-0.25, -0.2) is 23.0 Å². The molecule has 11 heteroatoms. The molecule has 4 aromatic rings. The summed E-state index contributed by atoms with van der Waals surface area (Å²) in [5, 5.41) is 30.4. The number of hydrogen-bond donors (Lipinski definition) is 5. The molecule has 4 rings (SSSR count). The molecule has 200 valence electrons. The average Bonchev–Trinajstić information content (AvgIpc) is 3.24. The number of nitrogens with zero attached hydrogens (tertiary/aromatic N) is 2. The molecule has 1 aromatic heterocycles. The van der Waals surface area contributed by atoms with Gasteiger partial charge in [-0.05, 0) is 40.8 Å². The molecule has 0 bridgehead atoms. The van der Waals surface area contributed by atoms with Crippen LogP contribution >= 0.6 is 0 Å². The summed E-state index contributed by atoms with van der Waals surface area (Å²) in [7, 11) is -3.53. The van der Waals surface area contributed by atoms with Crippen molar-refractivity contribution in [3.05, 3.63) is 93.9 Å². The second-order valence-electron chi connectivity index (χ2n) is 9.23. The minimum atomic E-state index is -3.53. The van der Waals surface area contributed by atoms with Gasteiger partial charge in [-0.3, -0.25) is 4.57 Å². The van der Waals surface area contributed by atoms with Gasteiger partial charge in [0.2, 0.25) is 10.0 Å². The lowest BCUT2D eigenvalue weighted by Crippen LogP contribution is -2.31. The summed E-state index contributed by atoms with van der Waals surface area (Å²) in [4.78, 5) is 12.7. The summed E-state index contributed by atoms with van der Waals surface area (Å²) in [5.74, 6) is 0.111. The first kappa shape index (κ1) is 27.1.